The van der Waals surface area contributed by atoms with Gasteiger partial charge in [0, 0.05) is 39.8 Å². The number of hydrogen-bond acceptors (Lipinski definition) is 8. The Morgan fingerprint density at radius 3 is 2.85 bits per heavy atom. The van der Waals surface area contributed by atoms with E-state index in [0.29, 0.717) is 9.58 Å². The second-order valence-electron chi connectivity index (χ2n) is 9.27. The predicted molar refractivity (Wildman–Crippen MR) is 129 cm³/mol. The Balaban J connectivity index is 1.34. The molecular formula is C24H29N5O4S. The van der Waals surface area contributed by atoms with Crippen molar-refractivity contribution in [1.29, 1.82) is 0 Å². The zero-order chi connectivity index (χ0) is 23.8. The lowest BCUT2D eigenvalue weighted by molar-refractivity contribution is -0.672. The quantitative estimate of drug-likeness (QED) is 0.313. The zero-order valence-electron chi connectivity index (χ0n) is 19.5. The summed E-state index contributed by atoms with van der Waals surface area (Å²) in [5.41, 5.74) is 2.71. The van der Waals surface area contributed by atoms with Gasteiger partial charge in [-0.25, -0.2) is 4.73 Å². The van der Waals surface area contributed by atoms with Gasteiger partial charge in [0.1, 0.15) is 0 Å². The van der Waals surface area contributed by atoms with E-state index in [1.165, 1.54) is 29.7 Å². The van der Waals surface area contributed by atoms with Crippen LogP contribution in [-0.2, 0) is 22.5 Å². The monoisotopic (exact) mass is 483 g/mol. The highest BCUT2D eigenvalue weighted by Crippen LogP contribution is 2.37. The third-order valence-electron chi connectivity index (χ3n) is 6.53. The number of hydrogen-bond donors (Lipinski definition) is 1. The molecule has 9 nitrogen and oxygen atoms in total. The maximum Gasteiger partial charge on any atom is 0.460 e. The number of fused-ring (bicyclic) bond motifs is 2. The average Bonchev–Trinajstić information content (AvgIpc) is 3.18. The predicted octanol–water partition coefficient (Wildman–Crippen LogP) is 2.89. The number of esters is 1. The minimum absolute atomic E-state index is 0.0664. The number of ether oxygens (including phenoxy) is 1. The standard InChI is InChI=1S/C24H29N5O4S/c1-15(2)33-23(30)8-10-25-24-26-29(32)20-12-16(6-7-19(20)28(24)31)22-13-17-14-27(18-4-3-5-18)11-9-21(17)34-22/h6-7,12-13,15,18H,3-5,8-11,14H2,1-2H3,(H,25,26). The molecule has 34 heavy (non-hydrogen) atoms. The molecule has 3 heterocycles. The lowest BCUT2D eigenvalue weighted by Crippen LogP contribution is -2.44. The third-order valence-corrected chi connectivity index (χ3v) is 7.82. The van der Waals surface area contributed by atoms with Gasteiger partial charge in [0.25, 0.3) is 5.52 Å². The van der Waals surface area contributed by atoms with Gasteiger partial charge < -0.3 is 15.2 Å². The first-order valence-electron chi connectivity index (χ1n) is 11.9. The van der Waals surface area contributed by atoms with Crippen molar-refractivity contribution in [3.05, 3.63) is 45.1 Å². The fourth-order valence-electron chi connectivity index (χ4n) is 4.56. The Hall–Kier alpha value is -2.98. The van der Waals surface area contributed by atoms with Gasteiger partial charge in [-0.2, -0.15) is 0 Å². The van der Waals surface area contributed by atoms with E-state index in [9.17, 15) is 15.2 Å². The van der Waals surface area contributed by atoms with Crippen LogP contribution in [0.15, 0.2) is 24.3 Å². The number of nitrogens with one attached hydrogen (secondary N) is 1. The Morgan fingerprint density at radius 1 is 1.29 bits per heavy atom. The van der Waals surface area contributed by atoms with Gasteiger partial charge in [-0.05, 0) is 62.4 Å². The van der Waals surface area contributed by atoms with E-state index in [0.717, 1.165) is 36.0 Å². The van der Waals surface area contributed by atoms with Gasteiger partial charge in [-0.1, -0.05) is 6.42 Å². The first-order chi connectivity index (χ1) is 16.4. The Morgan fingerprint density at radius 2 is 2.12 bits per heavy atom. The molecule has 1 aliphatic heterocycles. The molecule has 0 unspecified atom stereocenters. The molecule has 0 saturated heterocycles. The number of rotatable bonds is 7. The molecule has 180 valence electrons. The summed E-state index contributed by atoms with van der Waals surface area (Å²) >= 11 is 1.77. The lowest BCUT2D eigenvalue weighted by Gasteiger charge is -2.39. The summed E-state index contributed by atoms with van der Waals surface area (Å²) in [6, 6.07) is 8.23. The highest BCUT2D eigenvalue weighted by molar-refractivity contribution is 7.15. The van der Waals surface area contributed by atoms with Crippen molar-refractivity contribution in [2.45, 2.75) is 64.6 Å². The Kier molecular flexibility index (Phi) is 6.26. The molecule has 1 aromatic carbocycles. The summed E-state index contributed by atoms with van der Waals surface area (Å²) in [4.78, 5) is 17.3. The molecule has 0 atom stereocenters. The SMILES string of the molecule is CC(C)OC(=O)CCNc1n[n+]([O-])c2cc(-c3cc4c(s3)CCN(C3CCC3)C4)ccc2[n+]1[O-]. The van der Waals surface area contributed by atoms with E-state index < -0.39 is 0 Å². The number of thiophene rings is 1. The maximum atomic E-state index is 12.8. The van der Waals surface area contributed by atoms with E-state index >= 15 is 0 Å². The Bertz CT molecular complexity index is 1220. The number of carbonyl (C=O) groups is 1. The first kappa shape index (κ1) is 22.8. The number of anilines is 1. The molecule has 0 amide bonds. The molecule has 2 aliphatic rings. The van der Waals surface area contributed by atoms with E-state index in [4.69, 9.17) is 4.74 Å². The van der Waals surface area contributed by atoms with Crippen LogP contribution >= 0.6 is 11.3 Å². The van der Waals surface area contributed by atoms with Crippen LogP contribution in [0.25, 0.3) is 21.5 Å². The van der Waals surface area contributed by atoms with Gasteiger partial charge in [-0.3, -0.25) is 15.0 Å². The Labute approximate surface area is 202 Å². The minimum Gasteiger partial charge on any atom is -0.739 e. The third kappa shape index (κ3) is 4.52. The van der Waals surface area contributed by atoms with Gasteiger partial charge >= 0.3 is 11.9 Å². The number of benzene rings is 1. The van der Waals surface area contributed by atoms with Crippen LogP contribution in [0.5, 0.6) is 0 Å². The van der Waals surface area contributed by atoms with E-state index in [1.807, 2.05) is 6.07 Å². The lowest BCUT2D eigenvalue weighted by atomic mass is 9.90. The molecule has 5 rings (SSSR count). The maximum absolute atomic E-state index is 12.8. The summed E-state index contributed by atoms with van der Waals surface area (Å²) in [7, 11) is 0. The van der Waals surface area contributed by atoms with Crippen LogP contribution in [0.3, 0.4) is 0 Å². The molecule has 2 aromatic heterocycles. The number of nitrogens with zero attached hydrogens (tertiary/aromatic N) is 4. The summed E-state index contributed by atoms with van der Waals surface area (Å²) in [6.45, 7) is 5.79. The molecule has 0 radical (unpaired) electrons. The van der Waals surface area contributed by atoms with Gasteiger partial charge in [-0.15, -0.1) is 11.3 Å². The zero-order valence-corrected chi connectivity index (χ0v) is 20.3. The summed E-state index contributed by atoms with van der Waals surface area (Å²) in [5, 5.41) is 32.1. The van der Waals surface area contributed by atoms with E-state index in [1.54, 1.807) is 37.3 Å². The van der Waals surface area contributed by atoms with Crippen LogP contribution in [-0.4, -0.2) is 41.2 Å². The molecule has 0 bridgehead atoms. The second kappa shape index (κ2) is 9.34. The van der Waals surface area contributed by atoms with Crippen molar-refractivity contribution in [1.82, 2.24) is 10.00 Å². The van der Waals surface area contributed by atoms with Crippen molar-refractivity contribution < 1.29 is 19.1 Å². The van der Waals surface area contributed by atoms with E-state index in [-0.39, 0.29) is 42.0 Å². The molecule has 1 aliphatic carbocycles. The van der Waals surface area contributed by atoms with Crippen LogP contribution < -0.4 is 14.9 Å². The molecule has 3 aromatic rings. The fraction of sp³-hybridized carbons (Fsp3) is 0.500. The van der Waals surface area contributed by atoms with Crippen LogP contribution in [0.2, 0.25) is 0 Å². The molecule has 0 spiro atoms. The van der Waals surface area contributed by atoms with Crippen molar-refractivity contribution in [2.75, 3.05) is 18.4 Å². The smallest absolute Gasteiger partial charge is 0.460 e. The highest BCUT2D eigenvalue weighted by Gasteiger charge is 2.29. The van der Waals surface area contributed by atoms with Crippen molar-refractivity contribution in [3.63, 3.8) is 0 Å². The van der Waals surface area contributed by atoms with Crippen molar-refractivity contribution in [3.8, 4) is 10.4 Å². The van der Waals surface area contributed by atoms with Gasteiger partial charge in [0.2, 0.25) is 5.10 Å². The molecule has 1 saturated carbocycles. The number of carbonyl (C=O) groups excluding carboxylic acids is 1. The topological polar surface area (TPSA) is 108 Å². The molecule has 1 fully saturated rings. The van der Waals surface area contributed by atoms with Crippen LogP contribution in [0.1, 0.15) is 50.0 Å². The molecule has 10 heteroatoms. The molecular weight excluding hydrogens is 454 g/mol. The van der Waals surface area contributed by atoms with Gasteiger partial charge in [0.15, 0.2) is 5.52 Å². The summed E-state index contributed by atoms with van der Waals surface area (Å²) < 4.78 is 5.67. The normalized spacial score (nSPS) is 16.4. The highest BCUT2D eigenvalue weighted by atomic mass is 32.1. The average molecular weight is 484 g/mol. The van der Waals surface area contributed by atoms with Crippen molar-refractivity contribution in [2.24, 2.45) is 0 Å². The summed E-state index contributed by atoms with van der Waals surface area (Å²) in [5.74, 6) is -0.523. The van der Waals surface area contributed by atoms with Crippen molar-refractivity contribution >= 4 is 34.3 Å². The second-order valence-corrected chi connectivity index (χ2v) is 10.4. The minimum atomic E-state index is -0.380. The molecule has 1 N–H and O–H groups in total. The van der Waals surface area contributed by atoms with Crippen LogP contribution in [0, 0.1) is 10.4 Å². The van der Waals surface area contributed by atoms with E-state index in [2.05, 4.69) is 21.4 Å². The van der Waals surface area contributed by atoms with Gasteiger partial charge in [0.05, 0.1) is 19.1 Å². The number of aromatic nitrogens is 3. The fourth-order valence-corrected chi connectivity index (χ4v) is 5.72. The van der Waals surface area contributed by atoms with Crippen LogP contribution in [0.4, 0.5) is 5.95 Å². The summed E-state index contributed by atoms with van der Waals surface area (Å²) in [6.07, 6.45) is 4.88. The first-order valence-corrected chi connectivity index (χ1v) is 12.7. The largest absolute Gasteiger partial charge is 0.739 e.